The van der Waals surface area contributed by atoms with E-state index in [4.69, 9.17) is 16.3 Å². The van der Waals surface area contributed by atoms with Crippen molar-refractivity contribution in [1.82, 2.24) is 0 Å². The maximum atomic E-state index is 11.5. The van der Waals surface area contributed by atoms with Crippen LogP contribution in [0.15, 0.2) is 24.3 Å². The van der Waals surface area contributed by atoms with E-state index in [1.54, 1.807) is 31.2 Å². The molecule has 1 N–H and O–H groups in total. The summed E-state index contributed by atoms with van der Waals surface area (Å²) >= 11 is 5.89. The van der Waals surface area contributed by atoms with Crippen molar-refractivity contribution < 1.29 is 14.6 Å². The molecule has 0 bridgehead atoms. The zero-order chi connectivity index (χ0) is 11.5. The SMILES string of the molecule is CCOC(=O)[C@](C)(O)c1ccccc1Cl. The molecule has 0 radical (unpaired) electrons. The first kappa shape index (κ1) is 12.0. The lowest BCUT2D eigenvalue weighted by Crippen LogP contribution is -2.34. The summed E-state index contributed by atoms with van der Waals surface area (Å²) in [6, 6.07) is 6.64. The fourth-order valence-electron chi connectivity index (χ4n) is 1.24. The number of esters is 1. The molecule has 0 aromatic heterocycles. The number of carbonyl (C=O) groups is 1. The Morgan fingerprint density at radius 1 is 1.53 bits per heavy atom. The molecule has 3 nitrogen and oxygen atoms in total. The lowest BCUT2D eigenvalue weighted by atomic mass is 9.96. The van der Waals surface area contributed by atoms with Crippen LogP contribution in [0.1, 0.15) is 19.4 Å². The average Bonchev–Trinajstić information content (AvgIpc) is 2.18. The summed E-state index contributed by atoms with van der Waals surface area (Å²) in [5.74, 6) is -0.696. The largest absolute Gasteiger partial charge is 0.464 e. The van der Waals surface area contributed by atoms with Crippen molar-refractivity contribution in [3.8, 4) is 0 Å². The van der Waals surface area contributed by atoms with Gasteiger partial charge in [0.15, 0.2) is 5.60 Å². The molecule has 0 aliphatic heterocycles. The van der Waals surface area contributed by atoms with Crippen molar-refractivity contribution in [2.75, 3.05) is 6.61 Å². The highest BCUT2D eigenvalue weighted by Gasteiger charge is 2.35. The van der Waals surface area contributed by atoms with Gasteiger partial charge < -0.3 is 9.84 Å². The van der Waals surface area contributed by atoms with Crippen molar-refractivity contribution in [3.05, 3.63) is 34.9 Å². The van der Waals surface area contributed by atoms with E-state index in [1.165, 1.54) is 6.92 Å². The van der Waals surface area contributed by atoms with Gasteiger partial charge in [0, 0.05) is 10.6 Å². The summed E-state index contributed by atoms with van der Waals surface area (Å²) in [7, 11) is 0. The second kappa shape index (κ2) is 4.64. The number of halogens is 1. The predicted molar refractivity (Wildman–Crippen MR) is 57.7 cm³/mol. The third kappa shape index (κ3) is 2.49. The van der Waals surface area contributed by atoms with Gasteiger partial charge in [0.2, 0.25) is 0 Å². The Morgan fingerprint density at radius 3 is 2.67 bits per heavy atom. The van der Waals surface area contributed by atoms with E-state index in [2.05, 4.69) is 0 Å². The van der Waals surface area contributed by atoms with Crippen LogP contribution in [0.5, 0.6) is 0 Å². The van der Waals surface area contributed by atoms with Gasteiger partial charge in [0.25, 0.3) is 0 Å². The molecule has 0 heterocycles. The molecule has 1 aromatic carbocycles. The van der Waals surface area contributed by atoms with Crippen LogP contribution in [0.3, 0.4) is 0 Å². The zero-order valence-electron chi connectivity index (χ0n) is 8.66. The maximum Gasteiger partial charge on any atom is 0.342 e. The zero-order valence-corrected chi connectivity index (χ0v) is 9.41. The van der Waals surface area contributed by atoms with Gasteiger partial charge in [-0.3, -0.25) is 0 Å². The van der Waals surface area contributed by atoms with Gasteiger partial charge in [-0.15, -0.1) is 0 Å². The lowest BCUT2D eigenvalue weighted by Gasteiger charge is -2.22. The second-order valence-electron chi connectivity index (χ2n) is 3.27. The molecule has 0 fully saturated rings. The fraction of sp³-hybridized carbons (Fsp3) is 0.364. The quantitative estimate of drug-likeness (QED) is 0.806. The molecule has 0 aliphatic carbocycles. The summed E-state index contributed by atoms with van der Waals surface area (Å²) in [6.07, 6.45) is 0. The minimum atomic E-state index is -1.70. The van der Waals surface area contributed by atoms with Gasteiger partial charge in [-0.1, -0.05) is 29.8 Å². The molecule has 0 saturated carbocycles. The van der Waals surface area contributed by atoms with E-state index in [1.807, 2.05) is 0 Å². The van der Waals surface area contributed by atoms with Crippen molar-refractivity contribution in [2.24, 2.45) is 0 Å². The smallest absolute Gasteiger partial charge is 0.342 e. The van der Waals surface area contributed by atoms with Crippen molar-refractivity contribution >= 4 is 17.6 Å². The van der Waals surface area contributed by atoms with E-state index in [-0.39, 0.29) is 6.61 Å². The van der Waals surface area contributed by atoms with Crippen LogP contribution in [0.2, 0.25) is 5.02 Å². The average molecular weight is 229 g/mol. The third-order valence-electron chi connectivity index (χ3n) is 2.07. The molecular formula is C11H13ClO3. The molecule has 4 heteroatoms. The van der Waals surface area contributed by atoms with Gasteiger partial charge in [-0.25, -0.2) is 4.79 Å². The molecule has 0 aliphatic rings. The van der Waals surface area contributed by atoms with Crippen molar-refractivity contribution in [2.45, 2.75) is 19.4 Å². The highest BCUT2D eigenvalue weighted by Crippen LogP contribution is 2.28. The van der Waals surface area contributed by atoms with E-state index in [0.717, 1.165) is 0 Å². The first-order valence-corrected chi connectivity index (χ1v) is 5.02. The molecule has 0 saturated heterocycles. The first-order chi connectivity index (χ1) is 7.00. The normalized spacial score (nSPS) is 14.4. The topological polar surface area (TPSA) is 46.5 Å². The highest BCUT2D eigenvalue weighted by molar-refractivity contribution is 6.31. The Bertz CT molecular complexity index is 361. The van der Waals surface area contributed by atoms with Crippen LogP contribution >= 0.6 is 11.6 Å². The Kier molecular flexibility index (Phi) is 3.72. The predicted octanol–water partition coefficient (Wildman–Crippen LogP) is 2.11. The van der Waals surface area contributed by atoms with Gasteiger partial charge >= 0.3 is 5.97 Å². The Labute approximate surface area is 93.6 Å². The van der Waals surface area contributed by atoms with Gasteiger partial charge in [0.1, 0.15) is 0 Å². The van der Waals surface area contributed by atoms with E-state index < -0.39 is 11.6 Å². The van der Waals surface area contributed by atoms with Crippen LogP contribution in [0.4, 0.5) is 0 Å². The standard InChI is InChI=1S/C11H13ClO3/c1-3-15-10(13)11(2,14)8-6-4-5-7-9(8)12/h4-7,14H,3H2,1-2H3/t11-/m1/s1. The van der Waals surface area contributed by atoms with E-state index in [9.17, 15) is 9.90 Å². The van der Waals surface area contributed by atoms with Crippen LogP contribution < -0.4 is 0 Å². The fourth-order valence-corrected chi connectivity index (χ4v) is 1.56. The molecule has 0 amide bonds. The minimum absolute atomic E-state index is 0.222. The molecular weight excluding hydrogens is 216 g/mol. The Morgan fingerprint density at radius 2 is 2.13 bits per heavy atom. The number of hydrogen-bond donors (Lipinski definition) is 1. The lowest BCUT2D eigenvalue weighted by molar-refractivity contribution is -0.164. The van der Waals surface area contributed by atoms with Gasteiger partial charge in [0.05, 0.1) is 6.61 Å². The maximum absolute atomic E-state index is 11.5. The van der Waals surface area contributed by atoms with Crippen molar-refractivity contribution in [1.29, 1.82) is 0 Å². The van der Waals surface area contributed by atoms with Gasteiger partial charge in [-0.2, -0.15) is 0 Å². The van der Waals surface area contributed by atoms with Crippen LogP contribution in [0, 0.1) is 0 Å². The minimum Gasteiger partial charge on any atom is -0.464 e. The number of ether oxygens (including phenoxy) is 1. The highest BCUT2D eigenvalue weighted by atomic mass is 35.5. The monoisotopic (exact) mass is 228 g/mol. The number of carbonyl (C=O) groups excluding carboxylic acids is 1. The second-order valence-corrected chi connectivity index (χ2v) is 3.68. The molecule has 1 rings (SSSR count). The molecule has 15 heavy (non-hydrogen) atoms. The molecule has 1 atom stereocenters. The number of hydrogen-bond acceptors (Lipinski definition) is 3. The molecule has 1 aromatic rings. The summed E-state index contributed by atoms with van der Waals surface area (Å²) in [4.78, 5) is 11.5. The summed E-state index contributed by atoms with van der Waals surface area (Å²) < 4.78 is 4.77. The molecule has 0 spiro atoms. The third-order valence-corrected chi connectivity index (χ3v) is 2.40. The Balaban J connectivity index is 3.05. The Hall–Kier alpha value is -1.06. The summed E-state index contributed by atoms with van der Waals surface area (Å²) in [5.41, 5.74) is -1.35. The van der Waals surface area contributed by atoms with Crippen molar-refractivity contribution in [3.63, 3.8) is 0 Å². The van der Waals surface area contributed by atoms with Crippen LogP contribution in [-0.2, 0) is 15.1 Å². The summed E-state index contributed by atoms with van der Waals surface area (Å²) in [6.45, 7) is 3.27. The van der Waals surface area contributed by atoms with Gasteiger partial charge in [-0.05, 0) is 19.9 Å². The first-order valence-electron chi connectivity index (χ1n) is 4.64. The molecule has 82 valence electrons. The number of benzene rings is 1. The van der Waals surface area contributed by atoms with Crippen LogP contribution in [0.25, 0.3) is 0 Å². The number of rotatable bonds is 3. The molecule has 0 unspecified atom stereocenters. The number of aliphatic hydroxyl groups is 1. The van der Waals surface area contributed by atoms with E-state index in [0.29, 0.717) is 10.6 Å². The van der Waals surface area contributed by atoms with Crippen LogP contribution in [-0.4, -0.2) is 17.7 Å². The van der Waals surface area contributed by atoms with E-state index >= 15 is 0 Å². The summed E-state index contributed by atoms with van der Waals surface area (Å²) in [5, 5.41) is 10.4.